The van der Waals surface area contributed by atoms with Gasteiger partial charge in [0.1, 0.15) is 17.2 Å². The second kappa shape index (κ2) is 10.3. The quantitative estimate of drug-likeness (QED) is 0.425. The molecule has 4 aromatic rings. The predicted octanol–water partition coefficient (Wildman–Crippen LogP) is 4.10. The van der Waals surface area contributed by atoms with Gasteiger partial charge in [0.2, 0.25) is 0 Å². The molecule has 0 atom stereocenters. The molecule has 1 saturated heterocycles. The van der Waals surface area contributed by atoms with Gasteiger partial charge in [0.15, 0.2) is 5.60 Å². The number of aliphatic hydroxyl groups is 1. The molecule has 1 fully saturated rings. The van der Waals surface area contributed by atoms with Gasteiger partial charge in [-0.1, -0.05) is 24.3 Å². The van der Waals surface area contributed by atoms with E-state index in [1.54, 1.807) is 20.4 Å². The van der Waals surface area contributed by atoms with E-state index < -0.39 is 5.60 Å². The smallest absolute Gasteiger partial charge is 0.159 e. The van der Waals surface area contributed by atoms with Gasteiger partial charge in [0.05, 0.1) is 19.9 Å². The number of hydrogen-bond donors (Lipinski definition) is 1. The number of pyridine rings is 2. The fourth-order valence-electron chi connectivity index (χ4n) is 4.80. The molecule has 1 aliphatic rings. The van der Waals surface area contributed by atoms with Crippen LogP contribution in [0.4, 0.5) is 11.4 Å². The zero-order valence-corrected chi connectivity index (χ0v) is 20.5. The summed E-state index contributed by atoms with van der Waals surface area (Å²) in [4.78, 5) is 13.6. The lowest BCUT2D eigenvalue weighted by Gasteiger charge is -2.40. The highest BCUT2D eigenvalue weighted by Crippen LogP contribution is 2.41. The second-order valence-corrected chi connectivity index (χ2v) is 8.72. The maximum absolute atomic E-state index is 12.5. The van der Waals surface area contributed by atoms with Crippen molar-refractivity contribution in [1.29, 1.82) is 0 Å². The Morgan fingerprint density at radius 3 is 1.75 bits per heavy atom. The van der Waals surface area contributed by atoms with E-state index >= 15 is 0 Å². The van der Waals surface area contributed by atoms with Crippen LogP contribution >= 0.6 is 0 Å². The molecule has 0 amide bonds. The summed E-state index contributed by atoms with van der Waals surface area (Å²) < 4.78 is 10.7. The van der Waals surface area contributed by atoms with Crippen LogP contribution in [0.25, 0.3) is 0 Å². The Morgan fingerprint density at radius 1 is 0.694 bits per heavy atom. The first-order valence-electron chi connectivity index (χ1n) is 12.0. The SMILES string of the molecule is COc1ccc(C(O)(c2ccc(OC)cc2)c2ncccc2N2CCN(c3ccncc3)CC2)cc1. The number of nitrogens with zero attached hydrogens (tertiary/aromatic N) is 4. The molecule has 0 radical (unpaired) electrons. The molecule has 5 rings (SSSR count). The lowest BCUT2D eigenvalue weighted by atomic mass is 9.82. The fourth-order valence-corrected chi connectivity index (χ4v) is 4.80. The predicted molar refractivity (Wildman–Crippen MR) is 141 cm³/mol. The van der Waals surface area contributed by atoms with E-state index in [9.17, 15) is 5.11 Å². The van der Waals surface area contributed by atoms with Gasteiger partial charge >= 0.3 is 0 Å². The highest BCUT2D eigenvalue weighted by Gasteiger charge is 2.39. The number of methoxy groups -OCH3 is 2. The first-order valence-corrected chi connectivity index (χ1v) is 12.0. The van der Waals surface area contributed by atoms with Crippen LogP contribution in [-0.4, -0.2) is 55.5 Å². The molecule has 7 heteroatoms. The third-order valence-electron chi connectivity index (χ3n) is 6.79. The molecule has 184 valence electrons. The van der Waals surface area contributed by atoms with E-state index in [-0.39, 0.29) is 0 Å². The number of benzene rings is 2. The Labute approximate surface area is 211 Å². The number of ether oxygens (including phenoxy) is 2. The summed E-state index contributed by atoms with van der Waals surface area (Å²) in [6.07, 6.45) is 5.39. The Kier molecular flexibility index (Phi) is 6.73. The molecule has 0 bridgehead atoms. The third-order valence-corrected chi connectivity index (χ3v) is 6.79. The highest BCUT2D eigenvalue weighted by molar-refractivity contribution is 5.61. The molecule has 2 aromatic carbocycles. The number of piperazine rings is 1. The molecule has 3 heterocycles. The van der Waals surface area contributed by atoms with Crippen LogP contribution in [0.3, 0.4) is 0 Å². The van der Waals surface area contributed by atoms with Crippen molar-refractivity contribution in [1.82, 2.24) is 9.97 Å². The summed E-state index contributed by atoms with van der Waals surface area (Å²) in [6.45, 7) is 3.34. The van der Waals surface area contributed by atoms with Gasteiger partial charge in [-0.05, 0) is 59.7 Å². The number of rotatable bonds is 7. The summed E-state index contributed by atoms with van der Waals surface area (Å²) in [5, 5.41) is 12.5. The molecular formula is C29H30N4O3. The second-order valence-electron chi connectivity index (χ2n) is 8.72. The third kappa shape index (κ3) is 4.45. The van der Waals surface area contributed by atoms with Gasteiger partial charge in [0.25, 0.3) is 0 Å². The Hall–Kier alpha value is -4.10. The largest absolute Gasteiger partial charge is 0.497 e. The zero-order valence-electron chi connectivity index (χ0n) is 20.5. The van der Waals surface area contributed by atoms with E-state index in [0.29, 0.717) is 16.8 Å². The first kappa shape index (κ1) is 23.6. The van der Waals surface area contributed by atoms with Crippen molar-refractivity contribution in [3.05, 3.63) is 108 Å². The van der Waals surface area contributed by atoms with Gasteiger partial charge in [-0.3, -0.25) is 9.97 Å². The van der Waals surface area contributed by atoms with Crippen molar-refractivity contribution in [2.45, 2.75) is 5.60 Å². The van der Waals surface area contributed by atoms with Crippen LogP contribution in [-0.2, 0) is 5.60 Å². The van der Waals surface area contributed by atoms with Crippen LogP contribution < -0.4 is 19.3 Å². The maximum Gasteiger partial charge on any atom is 0.159 e. The molecule has 36 heavy (non-hydrogen) atoms. The van der Waals surface area contributed by atoms with E-state index in [1.165, 1.54) is 5.69 Å². The van der Waals surface area contributed by atoms with Gasteiger partial charge < -0.3 is 24.4 Å². The summed E-state index contributed by atoms with van der Waals surface area (Å²) in [5.74, 6) is 1.45. The molecule has 0 aliphatic carbocycles. The molecule has 0 saturated carbocycles. The van der Waals surface area contributed by atoms with Crippen molar-refractivity contribution < 1.29 is 14.6 Å². The van der Waals surface area contributed by atoms with Crippen molar-refractivity contribution in [3.63, 3.8) is 0 Å². The van der Waals surface area contributed by atoms with Gasteiger partial charge in [-0.25, -0.2) is 0 Å². The zero-order chi connectivity index (χ0) is 25.0. The average Bonchev–Trinajstić information content (AvgIpc) is 2.97. The molecule has 1 N–H and O–H groups in total. The Morgan fingerprint density at radius 2 is 1.22 bits per heavy atom. The summed E-state index contributed by atoms with van der Waals surface area (Å²) >= 11 is 0. The van der Waals surface area contributed by atoms with Crippen LogP contribution in [0, 0.1) is 0 Å². The standard InChI is InChI=1S/C29H30N4O3/c1-35-25-9-5-22(6-10-25)29(34,23-7-11-26(36-2)12-8-23)28-27(4-3-15-31-28)33-20-18-32(19-21-33)24-13-16-30-17-14-24/h3-17,34H,18-21H2,1-2H3. The van der Waals surface area contributed by atoms with Crippen molar-refractivity contribution >= 4 is 11.4 Å². The van der Waals surface area contributed by atoms with Crippen molar-refractivity contribution in [3.8, 4) is 11.5 Å². The Bertz CT molecular complexity index is 1220. The lowest BCUT2D eigenvalue weighted by molar-refractivity contribution is 0.121. The van der Waals surface area contributed by atoms with Crippen LogP contribution in [0.5, 0.6) is 11.5 Å². The van der Waals surface area contributed by atoms with E-state index in [0.717, 1.165) is 43.4 Å². The molecule has 0 spiro atoms. The fraction of sp³-hybridized carbons (Fsp3) is 0.241. The van der Waals surface area contributed by atoms with Crippen LogP contribution in [0.15, 0.2) is 91.4 Å². The van der Waals surface area contributed by atoms with Gasteiger partial charge in [-0.2, -0.15) is 0 Å². The van der Waals surface area contributed by atoms with E-state index in [1.807, 2.05) is 85.2 Å². The van der Waals surface area contributed by atoms with Crippen molar-refractivity contribution in [2.24, 2.45) is 0 Å². The lowest BCUT2D eigenvalue weighted by Crippen LogP contribution is -2.47. The summed E-state index contributed by atoms with van der Waals surface area (Å²) in [7, 11) is 3.26. The topological polar surface area (TPSA) is 71.0 Å². The maximum atomic E-state index is 12.5. The molecular weight excluding hydrogens is 452 g/mol. The molecule has 2 aromatic heterocycles. The first-order chi connectivity index (χ1) is 17.6. The monoisotopic (exact) mass is 482 g/mol. The number of aromatic nitrogens is 2. The highest BCUT2D eigenvalue weighted by atomic mass is 16.5. The molecule has 7 nitrogen and oxygen atoms in total. The molecule has 0 unspecified atom stereocenters. The summed E-state index contributed by atoms with van der Waals surface area (Å²) in [6, 6.07) is 23.1. The van der Waals surface area contributed by atoms with Gasteiger partial charge in [-0.15, -0.1) is 0 Å². The van der Waals surface area contributed by atoms with Crippen molar-refractivity contribution in [2.75, 3.05) is 50.2 Å². The average molecular weight is 483 g/mol. The van der Waals surface area contributed by atoms with E-state index in [4.69, 9.17) is 14.5 Å². The minimum atomic E-state index is -1.47. The minimum Gasteiger partial charge on any atom is -0.497 e. The number of hydrogen-bond acceptors (Lipinski definition) is 7. The van der Waals surface area contributed by atoms with Crippen LogP contribution in [0.1, 0.15) is 16.8 Å². The number of anilines is 2. The van der Waals surface area contributed by atoms with Crippen LogP contribution in [0.2, 0.25) is 0 Å². The van der Waals surface area contributed by atoms with Gasteiger partial charge in [0, 0.05) is 50.5 Å². The Balaban J connectivity index is 1.54. The summed E-state index contributed by atoms with van der Waals surface area (Å²) in [5.41, 5.74) is 2.63. The minimum absolute atomic E-state index is 0.595. The van der Waals surface area contributed by atoms with E-state index in [2.05, 4.69) is 14.8 Å². The molecule has 1 aliphatic heterocycles. The normalized spacial score (nSPS) is 14.0.